The average molecular weight is 567 g/mol. The number of ether oxygens (including phenoxy) is 1. The van der Waals surface area contributed by atoms with Crippen LogP contribution in [-0.4, -0.2) is 58.5 Å². The summed E-state index contributed by atoms with van der Waals surface area (Å²) < 4.78 is 35.7. The molecule has 1 aromatic carbocycles. The molecule has 0 aliphatic heterocycles. The molecule has 0 bridgehead atoms. The molecule has 5 atom stereocenters. The Kier molecular flexibility index (Phi) is 5.92. The van der Waals surface area contributed by atoms with Gasteiger partial charge >= 0.3 is 6.09 Å². The van der Waals surface area contributed by atoms with Gasteiger partial charge in [-0.15, -0.1) is 10.2 Å². The summed E-state index contributed by atoms with van der Waals surface area (Å²) in [5, 5.41) is 12.1. The highest BCUT2D eigenvalue weighted by Crippen LogP contribution is 2.68. The molecule has 2 aliphatic carbocycles. The lowest BCUT2D eigenvalue weighted by atomic mass is 10.0. The molecule has 1 amide bonds. The van der Waals surface area contributed by atoms with Gasteiger partial charge in [0.15, 0.2) is 11.3 Å². The number of hydrogen-bond acceptors (Lipinski definition) is 7. The Balaban J connectivity index is 1.38. The van der Waals surface area contributed by atoms with Crippen molar-refractivity contribution in [1.29, 1.82) is 0 Å². The number of aryl methyl sites for hydroxylation is 1. The van der Waals surface area contributed by atoms with Gasteiger partial charge in [-0.25, -0.2) is 22.2 Å². The second kappa shape index (κ2) is 8.88. The van der Waals surface area contributed by atoms with E-state index in [1.54, 1.807) is 42.7 Å². The van der Waals surface area contributed by atoms with E-state index < -0.39 is 24.4 Å². The lowest BCUT2D eigenvalue weighted by molar-refractivity contribution is 0.0499. The van der Waals surface area contributed by atoms with Crippen LogP contribution in [-0.2, 0) is 14.8 Å². The van der Waals surface area contributed by atoms with Crippen molar-refractivity contribution in [2.45, 2.75) is 75.2 Å². The number of fused-ring (bicyclic) bond motifs is 4. The molecule has 0 radical (unpaired) electrons. The van der Waals surface area contributed by atoms with E-state index in [0.717, 1.165) is 17.8 Å². The molecule has 10 nitrogen and oxygen atoms in total. The molecule has 6 rings (SSSR count). The van der Waals surface area contributed by atoms with E-state index in [-0.39, 0.29) is 22.9 Å². The molecule has 3 heterocycles. The van der Waals surface area contributed by atoms with Crippen LogP contribution in [0.1, 0.15) is 44.5 Å². The number of hydrogen-bond donors (Lipinski definition) is 1. The highest BCUT2D eigenvalue weighted by Gasteiger charge is 2.65. The van der Waals surface area contributed by atoms with Crippen molar-refractivity contribution < 1.29 is 17.9 Å². The first kappa shape index (κ1) is 26.0. The smallest absolute Gasteiger partial charge is 0.407 e. The Morgan fingerprint density at radius 1 is 1.10 bits per heavy atom. The van der Waals surface area contributed by atoms with Gasteiger partial charge in [-0.3, -0.25) is 4.40 Å². The molecule has 0 saturated heterocycles. The molecule has 206 valence electrons. The molecule has 2 aliphatic rings. The van der Waals surface area contributed by atoms with E-state index in [1.807, 2.05) is 32.1 Å². The van der Waals surface area contributed by atoms with Crippen molar-refractivity contribution >= 4 is 41.7 Å². The SMILES string of the molecule is Cc1ccc(S(=O)(=O)n2ccc3c2ncc2nnc([C@H]4C[C@@H](NC(=O)OC(C)(C)C)[C@@H]5C([SiH](C)C)[C@@H]54)n23)cc1. The normalized spacial score (nSPS) is 24.8. The predicted octanol–water partition coefficient (Wildman–Crippen LogP) is 4.11. The number of amides is 1. The second-order valence-electron chi connectivity index (χ2n) is 12.2. The third-order valence-corrected chi connectivity index (χ3v) is 12.2. The van der Waals surface area contributed by atoms with Crippen molar-refractivity contribution in [2.75, 3.05) is 0 Å². The fourth-order valence-corrected chi connectivity index (χ4v) is 10.5. The minimum Gasteiger partial charge on any atom is -0.444 e. The summed E-state index contributed by atoms with van der Waals surface area (Å²) in [5.74, 6) is 1.69. The van der Waals surface area contributed by atoms with Gasteiger partial charge in [0.05, 0.1) is 16.6 Å². The van der Waals surface area contributed by atoms with Crippen LogP contribution < -0.4 is 5.32 Å². The third kappa shape index (κ3) is 4.33. The molecule has 4 aromatic rings. The zero-order chi connectivity index (χ0) is 27.9. The van der Waals surface area contributed by atoms with E-state index in [2.05, 4.69) is 33.6 Å². The maximum Gasteiger partial charge on any atom is 0.407 e. The van der Waals surface area contributed by atoms with Crippen molar-refractivity contribution in [3.8, 4) is 0 Å². The summed E-state index contributed by atoms with van der Waals surface area (Å²) in [6.45, 7) is 12.2. The Bertz CT molecular complexity index is 1690. The lowest BCUT2D eigenvalue weighted by Crippen LogP contribution is -2.40. The number of carbonyl (C=O) groups excluding carboxylic acids is 1. The third-order valence-electron chi connectivity index (χ3n) is 8.07. The van der Waals surface area contributed by atoms with Gasteiger partial charge < -0.3 is 10.1 Å². The largest absolute Gasteiger partial charge is 0.444 e. The molecular weight excluding hydrogens is 532 g/mol. The van der Waals surface area contributed by atoms with Crippen LogP contribution in [0.25, 0.3) is 16.8 Å². The van der Waals surface area contributed by atoms with Gasteiger partial charge in [0.2, 0.25) is 0 Å². The van der Waals surface area contributed by atoms with E-state index in [0.29, 0.717) is 34.2 Å². The number of rotatable bonds is 5. The summed E-state index contributed by atoms with van der Waals surface area (Å²) >= 11 is 0. The van der Waals surface area contributed by atoms with Crippen molar-refractivity contribution in [3.05, 3.63) is 54.1 Å². The maximum atomic E-state index is 13.5. The highest BCUT2D eigenvalue weighted by molar-refractivity contribution is 7.90. The van der Waals surface area contributed by atoms with Gasteiger partial charge in [0.1, 0.15) is 11.4 Å². The van der Waals surface area contributed by atoms with Gasteiger partial charge in [-0.1, -0.05) is 30.8 Å². The number of nitrogens with zero attached hydrogens (tertiary/aromatic N) is 5. The molecule has 1 unspecified atom stereocenters. The number of alkyl carbamates (subject to hydrolysis) is 1. The van der Waals surface area contributed by atoms with Crippen LogP contribution in [0, 0.1) is 18.8 Å². The predicted molar refractivity (Wildman–Crippen MR) is 150 cm³/mol. The summed E-state index contributed by atoms with van der Waals surface area (Å²) in [5.41, 5.74) is 2.54. The second-order valence-corrected chi connectivity index (χ2v) is 17.3. The van der Waals surface area contributed by atoms with Gasteiger partial charge in [-0.05, 0) is 69.7 Å². The summed E-state index contributed by atoms with van der Waals surface area (Å²) in [4.78, 5) is 17.3. The van der Waals surface area contributed by atoms with Crippen molar-refractivity contribution in [1.82, 2.24) is 28.9 Å². The lowest BCUT2D eigenvalue weighted by Gasteiger charge is -2.24. The van der Waals surface area contributed by atoms with Crippen LogP contribution in [0.2, 0.25) is 18.6 Å². The molecule has 0 spiro atoms. The molecule has 2 fully saturated rings. The van der Waals surface area contributed by atoms with Gasteiger partial charge in [0.25, 0.3) is 10.0 Å². The Morgan fingerprint density at radius 3 is 2.49 bits per heavy atom. The van der Waals surface area contributed by atoms with E-state index in [4.69, 9.17) is 4.74 Å². The fraction of sp³-hybridized carbons (Fsp3) is 0.481. The Labute approximate surface area is 229 Å². The zero-order valence-electron chi connectivity index (χ0n) is 23.0. The first-order chi connectivity index (χ1) is 18.4. The molecule has 39 heavy (non-hydrogen) atoms. The van der Waals surface area contributed by atoms with Crippen LogP contribution in [0.3, 0.4) is 0 Å². The topological polar surface area (TPSA) is 120 Å². The van der Waals surface area contributed by atoms with Crippen LogP contribution in [0.4, 0.5) is 4.79 Å². The number of benzene rings is 1. The van der Waals surface area contributed by atoms with E-state index >= 15 is 0 Å². The molecule has 12 heteroatoms. The minimum atomic E-state index is -3.84. The molecular formula is C27H34N6O4SSi. The minimum absolute atomic E-state index is 0.00550. The van der Waals surface area contributed by atoms with E-state index in [1.165, 1.54) is 3.97 Å². The van der Waals surface area contributed by atoms with Crippen LogP contribution in [0.5, 0.6) is 0 Å². The quantitative estimate of drug-likeness (QED) is 0.361. The fourth-order valence-electron chi connectivity index (χ4n) is 6.54. The van der Waals surface area contributed by atoms with Gasteiger partial charge in [-0.2, -0.15) is 0 Å². The number of aromatic nitrogens is 5. The summed E-state index contributed by atoms with van der Waals surface area (Å²) in [7, 11) is -4.84. The summed E-state index contributed by atoms with van der Waals surface area (Å²) in [6.07, 6.45) is 3.46. The zero-order valence-corrected chi connectivity index (χ0v) is 25.0. The maximum absolute atomic E-state index is 13.5. The number of carbonyl (C=O) groups is 1. The molecule has 2 saturated carbocycles. The van der Waals surface area contributed by atoms with Crippen molar-refractivity contribution in [3.63, 3.8) is 0 Å². The summed E-state index contributed by atoms with van der Waals surface area (Å²) in [6, 6.07) is 8.55. The standard InChI is InChI=1S/C27H34N6O4SSi/c1-15-7-9-16(10-8-15)38(35,36)32-12-11-19-25(32)28-14-20-30-31-24(33(19)20)17-13-18(22-21(17)23(22)39(5)6)29-26(34)37-27(2,3)4/h7-12,14,17-18,21-23,39H,13H2,1-6H3,(H,29,34)/t17-,18+,21+,22-,23?/m0/s1. The first-order valence-corrected chi connectivity index (χ1v) is 17.8. The molecule has 1 N–H and O–H groups in total. The van der Waals surface area contributed by atoms with Crippen LogP contribution in [0.15, 0.2) is 47.6 Å². The van der Waals surface area contributed by atoms with Crippen molar-refractivity contribution in [2.24, 2.45) is 11.8 Å². The van der Waals surface area contributed by atoms with Gasteiger partial charge in [0, 0.05) is 27.0 Å². The first-order valence-electron chi connectivity index (χ1n) is 13.4. The molecule has 3 aromatic heterocycles. The Morgan fingerprint density at radius 2 is 1.82 bits per heavy atom. The Hall–Kier alpha value is -3.25. The highest BCUT2D eigenvalue weighted by atomic mass is 32.2. The van der Waals surface area contributed by atoms with E-state index in [9.17, 15) is 13.2 Å². The van der Waals surface area contributed by atoms with Crippen LogP contribution >= 0.6 is 0 Å². The number of nitrogens with one attached hydrogen (secondary N) is 1. The monoisotopic (exact) mass is 566 g/mol. The average Bonchev–Trinajstić information content (AvgIpc) is 3.11.